The Morgan fingerprint density at radius 3 is 2.66 bits per heavy atom. The average Bonchev–Trinajstić information content (AvgIpc) is 3.57. The lowest BCUT2D eigenvalue weighted by Gasteiger charge is -2.34. The van der Waals surface area contributed by atoms with Gasteiger partial charge in [-0.1, -0.05) is 18.2 Å². The van der Waals surface area contributed by atoms with Crippen LogP contribution in [0, 0.1) is 23.7 Å². The molecule has 0 amide bonds. The number of nitrogens with zero attached hydrogens (tertiary/aromatic N) is 4. The SMILES string of the molecule is Cc1c(-c2cc(=O)c3c(C#N)nccc3[nH]2)c(N2CCC3(CC2)CC3)nc2ccccc12. The van der Waals surface area contributed by atoms with Gasteiger partial charge >= 0.3 is 0 Å². The maximum absolute atomic E-state index is 13.1. The summed E-state index contributed by atoms with van der Waals surface area (Å²) >= 11 is 0. The number of hydrogen-bond donors (Lipinski definition) is 1. The first-order chi connectivity index (χ1) is 15.6. The number of anilines is 1. The molecule has 1 saturated heterocycles. The highest BCUT2D eigenvalue weighted by Gasteiger charge is 2.44. The van der Waals surface area contributed by atoms with Crippen LogP contribution in [0.3, 0.4) is 0 Å². The van der Waals surface area contributed by atoms with E-state index in [1.54, 1.807) is 18.3 Å². The molecule has 1 spiro atoms. The Hall–Kier alpha value is -3.72. The quantitative estimate of drug-likeness (QED) is 0.507. The van der Waals surface area contributed by atoms with E-state index in [0.29, 0.717) is 16.3 Å². The molecule has 2 fully saturated rings. The summed E-state index contributed by atoms with van der Waals surface area (Å²) in [4.78, 5) is 28.0. The summed E-state index contributed by atoms with van der Waals surface area (Å²) in [5.74, 6) is 0.932. The van der Waals surface area contributed by atoms with E-state index in [-0.39, 0.29) is 11.1 Å². The molecule has 0 unspecified atom stereocenters. The zero-order valence-electron chi connectivity index (χ0n) is 18.0. The molecule has 3 aromatic heterocycles. The minimum Gasteiger partial charge on any atom is -0.356 e. The van der Waals surface area contributed by atoms with Crippen LogP contribution in [-0.2, 0) is 0 Å². The highest BCUT2D eigenvalue weighted by Crippen LogP contribution is 2.54. The van der Waals surface area contributed by atoms with Crippen molar-refractivity contribution in [1.82, 2.24) is 15.0 Å². The van der Waals surface area contributed by atoms with Crippen LogP contribution in [0.2, 0.25) is 0 Å². The highest BCUT2D eigenvalue weighted by atomic mass is 16.1. The summed E-state index contributed by atoms with van der Waals surface area (Å²) in [7, 11) is 0. The Balaban J connectivity index is 1.59. The molecule has 1 N–H and O–H groups in total. The lowest BCUT2D eigenvalue weighted by atomic mass is 9.92. The van der Waals surface area contributed by atoms with Gasteiger partial charge in [-0.2, -0.15) is 5.26 Å². The van der Waals surface area contributed by atoms with Crippen molar-refractivity contribution in [3.63, 3.8) is 0 Å². The first kappa shape index (κ1) is 19.0. The van der Waals surface area contributed by atoms with Crippen molar-refractivity contribution < 1.29 is 0 Å². The van der Waals surface area contributed by atoms with Gasteiger partial charge in [-0.15, -0.1) is 0 Å². The van der Waals surface area contributed by atoms with Crippen molar-refractivity contribution in [3.8, 4) is 17.3 Å². The lowest BCUT2D eigenvalue weighted by Crippen LogP contribution is -2.35. The number of aromatic nitrogens is 3. The molecule has 6 heteroatoms. The number of pyridine rings is 3. The zero-order valence-corrected chi connectivity index (χ0v) is 18.0. The van der Waals surface area contributed by atoms with Gasteiger partial charge in [-0.25, -0.2) is 9.97 Å². The largest absolute Gasteiger partial charge is 0.356 e. The van der Waals surface area contributed by atoms with Crippen LogP contribution in [0.4, 0.5) is 5.82 Å². The van der Waals surface area contributed by atoms with Gasteiger partial charge in [-0.05, 0) is 55.7 Å². The number of aromatic amines is 1. The monoisotopic (exact) mass is 421 g/mol. The summed E-state index contributed by atoms with van der Waals surface area (Å²) in [5, 5.41) is 10.8. The molecule has 0 bridgehead atoms. The molecule has 6 nitrogen and oxygen atoms in total. The Labute approximate surface area is 185 Å². The van der Waals surface area contributed by atoms with Crippen molar-refractivity contribution in [2.45, 2.75) is 32.6 Å². The summed E-state index contributed by atoms with van der Waals surface area (Å²) in [6.07, 6.45) is 6.67. The van der Waals surface area contributed by atoms with E-state index < -0.39 is 0 Å². The van der Waals surface area contributed by atoms with Gasteiger partial charge in [-0.3, -0.25) is 4.79 Å². The third kappa shape index (κ3) is 2.89. The van der Waals surface area contributed by atoms with Crippen LogP contribution in [0.15, 0.2) is 47.4 Å². The topological polar surface area (TPSA) is 85.7 Å². The molecule has 0 radical (unpaired) electrons. The molecule has 6 rings (SSSR count). The molecule has 1 aliphatic heterocycles. The minimum atomic E-state index is -0.201. The number of nitrogens with one attached hydrogen (secondary N) is 1. The van der Waals surface area contributed by atoms with E-state index in [0.717, 1.165) is 46.6 Å². The number of benzene rings is 1. The number of piperidine rings is 1. The summed E-state index contributed by atoms with van der Waals surface area (Å²) in [6.45, 7) is 4.07. The van der Waals surface area contributed by atoms with E-state index in [4.69, 9.17) is 4.98 Å². The first-order valence-corrected chi connectivity index (χ1v) is 11.2. The number of hydrogen-bond acceptors (Lipinski definition) is 5. The number of fused-ring (bicyclic) bond motifs is 2. The van der Waals surface area contributed by atoms with Gasteiger partial charge in [0.05, 0.1) is 22.1 Å². The van der Waals surface area contributed by atoms with E-state index >= 15 is 0 Å². The molecule has 2 aliphatic rings. The number of rotatable bonds is 2. The van der Waals surface area contributed by atoms with Crippen LogP contribution >= 0.6 is 0 Å². The van der Waals surface area contributed by atoms with E-state index in [9.17, 15) is 10.1 Å². The fourth-order valence-electron chi connectivity index (χ4n) is 5.20. The van der Waals surface area contributed by atoms with Gasteiger partial charge in [0.1, 0.15) is 11.9 Å². The molecule has 4 aromatic rings. The molecular weight excluding hydrogens is 398 g/mol. The van der Waals surface area contributed by atoms with E-state index in [2.05, 4.69) is 33.9 Å². The second-order valence-corrected chi connectivity index (χ2v) is 9.18. The molecule has 0 atom stereocenters. The summed E-state index contributed by atoms with van der Waals surface area (Å²) in [6, 6.07) is 13.5. The van der Waals surface area contributed by atoms with Crippen molar-refractivity contribution >= 4 is 27.6 Å². The van der Waals surface area contributed by atoms with Crippen molar-refractivity contribution in [1.29, 1.82) is 5.26 Å². The Morgan fingerprint density at radius 2 is 1.91 bits per heavy atom. The summed E-state index contributed by atoms with van der Waals surface area (Å²) < 4.78 is 0. The molecule has 1 saturated carbocycles. The Bertz CT molecular complexity index is 1480. The Kier molecular flexibility index (Phi) is 4.09. The van der Waals surface area contributed by atoms with Crippen molar-refractivity contribution in [3.05, 3.63) is 64.1 Å². The maximum atomic E-state index is 13.1. The smallest absolute Gasteiger partial charge is 0.192 e. The second kappa shape index (κ2) is 6.89. The van der Waals surface area contributed by atoms with Gasteiger partial charge in [0.25, 0.3) is 0 Å². The highest BCUT2D eigenvalue weighted by molar-refractivity contribution is 5.95. The van der Waals surface area contributed by atoms with Gasteiger partial charge in [0.2, 0.25) is 0 Å². The standard InChI is InChI=1S/C26H23N5O/c1-16-17-4-2-3-5-18(17)30-25(31-12-9-26(7-8-26)10-13-31)23(16)20-14-22(32)24-19(29-20)6-11-28-21(24)15-27/h2-6,11,14H,7-10,12-13H2,1H3,(H,29,32). The second-order valence-electron chi connectivity index (χ2n) is 9.18. The van der Waals surface area contributed by atoms with Crippen LogP contribution in [0.5, 0.6) is 0 Å². The van der Waals surface area contributed by atoms with Gasteiger partial charge in [0.15, 0.2) is 11.1 Å². The van der Waals surface area contributed by atoms with Crippen LogP contribution in [0.1, 0.15) is 36.9 Å². The van der Waals surface area contributed by atoms with Crippen LogP contribution < -0.4 is 10.3 Å². The molecule has 4 heterocycles. The Morgan fingerprint density at radius 1 is 1.12 bits per heavy atom. The first-order valence-electron chi connectivity index (χ1n) is 11.2. The predicted octanol–water partition coefficient (Wildman–Crippen LogP) is 4.70. The van der Waals surface area contributed by atoms with Gasteiger partial charge in [0, 0.05) is 36.3 Å². The van der Waals surface area contributed by atoms with Crippen molar-refractivity contribution in [2.24, 2.45) is 5.41 Å². The fraction of sp³-hybridized carbons (Fsp3) is 0.308. The van der Waals surface area contributed by atoms with Gasteiger partial charge < -0.3 is 9.88 Å². The van der Waals surface area contributed by atoms with E-state index in [1.165, 1.54) is 25.7 Å². The van der Waals surface area contributed by atoms with Crippen LogP contribution in [-0.4, -0.2) is 28.0 Å². The third-order valence-electron chi connectivity index (χ3n) is 7.33. The number of nitriles is 1. The van der Waals surface area contributed by atoms with Crippen molar-refractivity contribution in [2.75, 3.05) is 18.0 Å². The molecule has 1 aliphatic carbocycles. The predicted molar refractivity (Wildman–Crippen MR) is 126 cm³/mol. The fourth-order valence-corrected chi connectivity index (χ4v) is 5.20. The van der Waals surface area contributed by atoms with Crippen LogP contribution in [0.25, 0.3) is 33.1 Å². The zero-order chi connectivity index (χ0) is 21.9. The average molecular weight is 422 g/mol. The number of H-pyrrole nitrogens is 1. The minimum absolute atomic E-state index is 0.148. The molecule has 158 valence electrons. The van der Waals surface area contributed by atoms with E-state index in [1.807, 2.05) is 18.2 Å². The lowest BCUT2D eigenvalue weighted by molar-refractivity contribution is 0.383. The molecular formula is C26H23N5O. The third-order valence-corrected chi connectivity index (χ3v) is 7.33. The normalized spacial score (nSPS) is 17.1. The maximum Gasteiger partial charge on any atom is 0.192 e. The number of para-hydroxylation sites is 1. The molecule has 32 heavy (non-hydrogen) atoms. The summed E-state index contributed by atoms with van der Waals surface area (Å²) in [5.41, 5.74) is 4.90. The number of aryl methyl sites for hydroxylation is 1. The molecule has 1 aromatic carbocycles.